The second-order valence-corrected chi connectivity index (χ2v) is 3.42. The minimum Gasteiger partial charge on any atom is -0.394 e. The number of rotatable bonds is 7. The molecule has 1 rings (SSSR count). The highest BCUT2D eigenvalue weighted by Gasteiger charge is 2.02. The van der Waals surface area contributed by atoms with E-state index >= 15 is 0 Å². The van der Waals surface area contributed by atoms with Gasteiger partial charge in [0.2, 0.25) is 0 Å². The van der Waals surface area contributed by atoms with Gasteiger partial charge in [-0.3, -0.25) is 0 Å². The third kappa shape index (κ3) is 4.81. The van der Waals surface area contributed by atoms with Crippen LogP contribution in [0.2, 0.25) is 0 Å². The molecule has 0 amide bonds. The van der Waals surface area contributed by atoms with Crippen molar-refractivity contribution in [2.75, 3.05) is 31.7 Å². The Kier molecular flexibility index (Phi) is 6.00. The van der Waals surface area contributed by atoms with Gasteiger partial charge in [0.1, 0.15) is 5.82 Å². The van der Waals surface area contributed by atoms with Crippen molar-refractivity contribution in [2.24, 2.45) is 0 Å². The maximum Gasteiger partial charge on any atom is 0.147 e. The third-order valence-electron chi connectivity index (χ3n) is 2.11. The Balaban J connectivity index is 2.30. The maximum absolute atomic E-state index is 13.4. The van der Waals surface area contributed by atoms with Crippen molar-refractivity contribution in [2.45, 2.75) is 6.42 Å². The van der Waals surface area contributed by atoms with Crippen molar-refractivity contribution in [1.29, 1.82) is 5.26 Å². The van der Waals surface area contributed by atoms with E-state index in [-0.39, 0.29) is 6.61 Å². The van der Waals surface area contributed by atoms with Crippen LogP contribution in [0.5, 0.6) is 0 Å². The van der Waals surface area contributed by atoms with E-state index in [4.69, 9.17) is 15.1 Å². The molecule has 1 aromatic rings. The van der Waals surface area contributed by atoms with Gasteiger partial charge in [-0.15, -0.1) is 0 Å². The van der Waals surface area contributed by atoms with Gasteiger partial charge in [0, 0.05) is 13.2 Å². The lowest BCUT2D eigenvalue weighted by Gasteiger charge is -2.07. The van der Waals surface area contributed by atoms with Crippen LogP contribution in [-0.4, -0.2) is 31.5 Å². The predicted molar refractivity (Wildman–Crippen MR) is 62.1 cm³/mol. The standard InChI is InChI=1S/C12H15FN2O2/c13-11-8-10(9-14)2-3-12(11)15-4-1-6-17-7-5-16/h2-3,8,15-16H,1,4-7H2. The summed E-state index contributed by atoms with van der Waals surface area (Å²) in [6, 6.07) is 6.18. The van der Waals surface area contributed by atoms with Gasteiger partial charge < -0.3 is 15.2 Å². The van der Waals surface area contributed by atoms with Gasteiger partial charge in [-0.25, -0.2) is 4.39 Å². The Morgan fingerprint density at radius 2 is 2.24 bits per heavy atom. The normalized spacial score (nSPS) is 9.94. The second kappa shape index (κ2) is 7.60. The fraction of sp³-hybridized carbons (Fsp3) is 0.417. The average molecular weight is 238 g/mol. The fourth-order valence-electron chi connectivity index (χ4n) is 1.29. The Bertz CT molecular complexity index is 391. The number of anilines is 1. The van der Waals surface area contributed by atoms with Crippen molar-refractivity contribution in [1.82, 2.24) is 0 Å². The van der Waals surface area contributed by atoms with Gasteiger partial charge in [0.05, 0.1) is 30.5 Å². The van der Waals surface area contributed by atoms with Crippen LogP contribution >= 0.6 is 0 Å². The monoisotopic (exact) mass is 238 g/mol. The summed E-state index contributed by atoms with van der Waals surface area (Å²) >= 11 is 0. The first-order valence-electron chi connectivity index (χ1n) is 5.40. The second-order valence-electron chi connectivity index (χ2n) is 3.42. The first-order valence-corrected chi connectivity index (χ1v) is 5.40. The van der Waals surface area contributed by atoms with Gasteiger partial charge in [-0.2, -0.15) is 5.26 Å². The molecule has 0 atom stereocenters. The minimum absolute atomic E-state index is 0.0116. The van der Waals surface area contributed by atoms with E-state index in [1.54, 1.807) is 12.1 Å². The Morgan fingerprint density at radius 1 is 1.41 bits per heavy atom. The molecule has 2 N–H and O–H groups in total. The van der Waals surface area contributed by atoms with Crippen LogP contribution < -0.4 is 5.32 Å². The van der Waals surface area contributed by atoms with Crippen molar-refractivity contribution in [3.63, 3.8) is 0 Å². The number of hydrogen-bond donors (Lipinski definition) is 2. The number of aliphatic hydroxyl groups is 1. The quantitative estimate of drug-likeness (QED) is 0.707. The van der Waals surface area contributed by atoms with E-state index in [9.17, 15) is 4.39 Å². The zero-order chi connectivity index (χ0) is 12.5. The lowest BCUT2D eigenvalue weighted by molar-refractivity contribution is 0.0922. The number of benzene rings is 1. The lowest BCUT2D eigenvalue weighted by atomic mass is 10.2. The molecule has 0 radical (unpaired) electrons. The molecule has 92 valence electrons. The molecule has 0 saturated heterocycles. The first kappa shape index (κ1) is 13.4. The van der Waals surface area contributed by atoms with E-state index in [0.29, 0.717) is 31.0 Å². The summed E-state index contributed by atoms with van der Waals surface area (Å²) in [4.78, 5) is 0. The highest BCUT2D eigenvalue weighted by atomic mass is 19.1. The lowest BCUT2D eigenvalue weighted by Crippen LogP contribution is -2.08. The molecule has 0 aliphatic heterocycles. The topological polar surface area (TPSA) is 65.3 Å². The molecule has 4 nitrogen and oxygen atoms in total. The van der Waals surface area contributed by atoms with E-state index in [1.807, 2.05) is 6.07 Å². The fourth-order valence-corrected chi connectivity index (χ4v) is 1.29. The molecule has 0 aliphatic carbocycles. The van der Waals surface area contributed by atoms with Crippen LogP contribution in [0.1, 0.15) is 12.0 Å². The number of ether oxygens (including phenoxy) is 1. The summed E-state index contributed by atoms with van der Waals surface area (Å²) in [5.74, 6) is -0.430. The van der Waals surface area contributed by atoms with Crippen molar-refractivity contribution in [3.8, 4) is 6.07 Å². The molecule has 0 spiro atoms. The Hall–Kier alpha value is -1.64. The van der Waals surface area contributed by atoms with Crippen molar-refractivity contribution in [3.05, 3.63) is 29.6 Å². The number of nitriles is 1. The van der Waals surface area contributed by atoms with E-state index in [1.165, 1.54) is 6.07 Å². The number of nitrogens with zero attached hydrogens (tertiary/aromatic N) is 1. The maximum atomic E-state index is 13.4. The largest absolute Gasteiger partial charge is 0.394 e. The zero-order valence-electron chi connectivity index (χ0n) is 9.45. The number of halogens is 1. The molecular formula is C12H15FN2O2. The molecule has 0 aliphatic rings. The zero-order valence-corrected chi connectivity index (χ0v) is 9.45. The average Bonchev–Trinajstić information content (AvgIpc) is 2.35. The molecule has 0 fully saturated rings. The smallest absolute Gasteiger partial charge is 0.147 e. The number of nitrogens with one attached hydrogen (secondary N) is 1. The Morgan fingerprint density at radius 3 is 2.88 bits per heavy atom. The van der Waals surface area contributed by atoms with Gasteiger partial charge in [0.15, 0.2) is 0 Å². The number of aliphatic hydroxyl groups excluding tert-OH is 1. The van der Waals surface area contributed by atoms with E-state index < -0.39 is 5.82 Å². The number of hydrogen-bond acceptors (Lipinski definition) is 4. The molecular weight excluding hydrogens is 223 g/mol. The van der Waals surface area contributed by atoms with Crippen LogP contribution in [0.15, 0.2) is 18.2 Å². The molecule has 0 heterocycles. The summed E-state index contributed by atoms with van der Waals surface area (Å²) in [5.41, 5.74) is 0.686. The predicted octanol–water partition coefficient (Wildman–Crippen LogP) is 1.51. The molecule has 0 unspecified atom stereocenters. The third-order valence-corrected chi connectivity index (χ3v) is 2.11. The SMILES string of the molecule is N#Cc1ccc(NCCCOCCO)c(F)c1. The van der Waals surface area contributed by atoms with Crippen LogP contribution in [0.25, 0.3) is 0 Å². The van der Waals surface area contributed by atoms with Crippen LogP contribution in [0.4, 0.5) is 10.1 Å². The highest BCUT2D eigenvalue weighted by molar-refractivity contribution is 5.48. The van der Waals surface area contributed by atoms with Crippen LogP contribution in [0.3, 0.4) is 0 Å². The summed E-state index contributed by atoms with van der Waals surface area (Å²) in [6.07, 6.45) is 0.722. The first-order chi connectivity index (χ1) is 8.27. The highest BCUT2D eigenvalue weighted by Crippen LogP contribution is 2.14. The molecule has 0 saturated carbocycles. The van der Waals surface area contributed by atoms with Gasteiger partial charge >= 0.3 is 0 Å². The molecule has 0 bridgehead atoms. The molecule has 1 aromatic carbocycles. The minimum atomic E-state index is -0.430. The van der Waals surface area contributed by atoms with Gasteiger partial charge in [0.25, 0.3) is 0 Å². The summed E-state index contributed by atoms with van der Waals surface area (Å²) in [5, 5.41) is 20.0. The summed E-state index contributed by atoms with van der Waals surface area (Å²) < 4.78 is 18.4. The summed E-state index contributed by atoms with van der Waals surface area (Å²) in [7, 11) is 0. The van der Waals surface area contributed by atoms with Gasteiger partial charge in [-0.05, 0) is 24.6 Å². The van der Waals surface area contributed by atoms with Crippen LogP contribution in [0, 0.1) is 17.1 Å². The van der Waals surface area contributed by atoms with Gasteiger partial charge in [-0.1, -0.05) is 0 Å². The van der Waals surface area contributed by atoms with Crippen molar-refractivity contribution < 1.29 is 14.2 Å². The summed E-state index contributed by atoms with van der Waals surface area (Å²) in [6.45, 7) is 1.43. The van der Waals surface area contributed by atoms with Crippen LogP contribution in [-0.2, 0) is 4.74 Å². The molecule has 5 heteroatoms. The van der Waals surface area contributed by atoms with E-state index in [0.717, 1.165) is 6.42 Å². The van der Waals surface area contributed by atoms with Crippen molar-refractivity contribution >= 4 is 5.69 Å². The molecule has 17 heavy (non-hydrogen) atoms. The van der Waals surface area contributed by atoms with E-state index in [2.05, 4.69) is 5.32 Å². The molecule has 0 aromatic heterocycles. The Labute approximate surface area is 99.6 Å².